The van der Waals surface area contributed by atoms with Crippen LogP contribution in [0.1, 0.15) is 63.9 Å². The number of hydrogen-bond acceptors (Lipinski definition) is 22. The summed E-state index contributed by atoms with van der Waals surface area (Å²) < 4.78 is 64.4. The zero-order chi connectivity index (χ0) is 83.8. The normalized spacial score (nSPS) is 13.9. The Kier molecular flexibility index (Phi) is 21.8. The largest absolute Gasteiger partial charge is 0.486 e. The van der Waals surface area contributed by atoms with Crippen LogP contribution in [0.3, 0.4) is 0 Å². The van der Waals surface area contributed by atoms with Gasteiger partial charge in [-0.05, 0) is 174 Å². The molecule has 23 nitrogen and oxygen atoms in total. The third-order valence-corrected chi connectivity index (χ3v) is 27.2. The number of carbonyl (C=O) groups is 4. The van der Waals surface area contributed by atoms with E-state index in [2.05, 4.69) is 159 Å². The molecular formula is C94H67N7O16S5. The average molecular weight is 1710 g/mol. The van der Waals surface area contributed by atoms with Gasteiger partial charge < -0.3 is 71.6 Å². The predicted octanol–water partition coefficient (Wildman–Crippen LogP) is 22.6. The summed E-state index contributed by atoms with van der Waals surface area (Å²) in [5, 5.41) is 43.1. The number of carbonyl (C=O) groups excluding carboxylic acids is 2. The van der Waals surface area contributed by atoms with Crippen molar-refractivity contribution in [2.75, 3.05) is 57.8 Å². The molecule has 0 spiro atoms. The Morgan fingerprint density at radius 1 is 0.475 bits per heavy atom. The molecule has 0 fully saturated rings. The number of carboxylic acids is 2. The number of aromatic nitrogens is 2. The lowest BCUT2D eigenvalue weighted by Gasteiger charge is -2.26. The van der Waals surface area contributed by atoms with E-state index in [0.717, 1.165) is 122 Å². The number of aliphatic carboxylic acids is 2. The summed E-state index contributed by atoms with van der Waals surface area (Å²) in [5.41, 5.74) is 10.9. The molecule has 0 saturated carbocycles. The van der Waals surface area contributed by atoms with Crippen LogP contribution in [0.2, 0.25) is 0 Å². The summed E-state index contributed by atoms with van der Waals surface area (Å²) in [6.45, 7) is 22.4. The van der Waals surface area contributed by atoms with Gasteiger partial charge in [-0.1, -0.05) is 75.9 Å². The van der Waals surface area contributed by atoms with Gasteiger partial charge in [0, 0.05) is 71.9 Å². The second kappa shape index (κ2) is 33.8. The minimum absolute atomic E-state index is 0.206. The molecule has 0 saturated heterocycles. The first-order valence-corrected chi connectivity index (χ1v) is 43.0. The molecule has 0 radical (unpaired) electrons. The van der Waals surface area contributed by atoms with Crippen molar-refractivity contribution < 1.29 is 76.8 Å². The number of nitriles is 2. The molecule has 604 valence electrons. The molecule has 0 aliphatic carbocycles. The number of benzene rings is 7. The van der Waals surface area contributed by atoms with E-state index in [-0.39, 0.29) is 77.4 Å². The van der Waals surface area contributed by atoms with Crippen LogP contribution in [-0.2, 0) is 35.1 Å². The van der Waals surface area contributed by atoms with E-state index in [9.17, 15) is 39.9 Å². The monoisotopic (exact) mass is 1710 g/mol. The fourth-order valence-corrected chi connectivity index (χ4v) is 21.5. The molecule has 11 heterocycles. The van der Waals surface area contributed by atoms with E-state index in [1.54, 1.807) is 6.07 Å². The van der Waals surface area contributed by atoms with E-state index in [1.165, 1.54) is 98.7 Å². The number of thiophene rings is 5. The number of fused-ring (bicyclic) bond motifs is 10. The summed E-state index contributed by atoms with van der Waals surface area (Å²) in [7, 11) is 0. The molecular weight excluding hydrogens is 1640 g/mol. The number of ether oxygens (including phenoxy) is 10. The maximum atomic E-state index is 12.2. The standard InChI is InChI=1S/C94H67N7O16S5/c1-5-7-8-52(6-2)39-65-25-30-75(118-65)53-9-15-59(16-10-53)99(60-17-21-62(22-18-60)100-71-26-11-54(89-85-81(108-31-35-112-85)76(119-89)44-58(48-95)93(104)105)40-66(71)68-42-56(13-28-73(68)100)91-87-83(110-33-37-114-87)78(121-91)46-70(97-3)94(106)107)61-19-23-63(24-20-61)101-72-27-12-55(90-86-82(109-32-36-113-86)77(120-90)45-64(49-96)116-50-102)41-67(72)69-43-57(14-29-74(69)101)92-88-84(111-34-38-115-88)79(122-92)47-80(98-4)117-51-103/h9-30,40-47,50-52H,5-8,31-39H2,1-2H3,(H,104,105)(H,106,107)/b58-44+,64-45+,70-46-,80-47+. The van der Waals surface area contributed by atoms with E-state index in [1.807, 2.05) is 53.8 Å². The van der Waals surface area contributed by atoms with Crippen molar-refractivity contribution in [3.8, 4) is 122 Å². The van der Waals surface area contributed by atoms with Gasteiger partial charge in [-0.15, -0.1) is 56.7 Å². The second-order valence-electron chi connectivity index (χ2n) is 28.6. The number of allylic oxidation sites excluding steroid dienone is 1. The number of rotatable bonds is 26. The first kappa shape index (κ1) is 78.8. The number of anilines is 3. The van der Waals surface area contributed by atoms with Crippen LogP contribution in [-0.4, -0.2) is 97.1 Å². The minimum Gasteiger partial charge on any atom is -0.486 e. The quantitative estimate of drug-likeness (QED) is 0.0168. The molecule has 1 unspecified atom stereocenters. The molecule has 1 atom stereocenters. The van der Waals surface area contributed by atoms with Gasteiger partial charge in [0.1, 0.15) is 70.6 Å². The first-order valence-electron chi connectivity index (χ1n) is 38.9. The van der Waals surface area contributed by atoms with Crippen LogP contribution in [0.4, 0.5) is 17.1 Å². The maximum absolute atomic E-state index is 12.2. The highest BCUT2D eigenvalue weighted by molar-refractivity contribution is 7.18. The molecule has 14 aromatic rings. The van der Waals surface area contributed by atoms with E-state index in [0.29, 0.717) is 81.2 Å². The molecule has 4 aliphatic rings. The van der Waals surface area contributed by atoms with Gasteiger partial charge in [-0.2, -0.15) is 15.4 Å². The third kappa shape index (κ3) is 14.7. The molecule has 7 aromatic heterocycles. The second-order valence-corrected chi connectivity index (χ2v) is 33.9. The third-order valence-electron chi connectivity index (χ3n) is 21.4. The Morgan fingerprint density at radius 2 is 0.869 bits per heavy atom. The van der Waals surface area contributed by atoms with Crippen LogP contribution >= 0.6 is 56.7 Å². The molecule has 18 rings (SSSR count). The van der Waals surface area contributed by atoms with Crippen molar-refractivity contribution in [2.24, 2.45) is 5.92 Å². The summed E-state index contributed by atoms with van der Waals surface area (Å²) in [6.07, 6.45) is 11.3. The SMILES string of the molecule is [C-]#[N+]/C(=C\c1sc(-c2ccc3c(c2)c2cc(-c4sc(/C=C(\C#N)C(=O)O)c5c4OCCO5)ccc2n3-c2ccc(N(c3ccc(-c4ccc(CC(CC)CCCC)s4)cc3)c3ccc(-n4c5ccc(-c6sc(/C=C(\C#N)OC=O)c7c6OCCO7)cc5c5cc(-c6sc(/C=C(\[N+]#[C-])OC=O)c7c6OCCO7)ccc54)cc3)cc2)c2c1OCCO2)C(=O)O. The number of hydrogen-bond donors (Lipinski definition) is 2. The Hall–Kier alpha value is -14.4. The van der Waals surface area contributed by atoms with Gasteiger partial charge in [0.15, 0.2) is 46.0 Å². The smallest absolute Gasteiger partial charge is 0.349 e. The van der Waals surface area contributed by atoms with Gasteiger partial charge in [-0.25, -0.2) is 9.64 Å². The molecule has 4 aliphatic heterocycles. The van der Waals surface area contributed by atoms with E-state index < -0.39 is 23.2 Å². The molecule has 0 amide bonds. The van der Waals surface area contributed by atoms with E-state index in [4.69, 9.17) is 60.5 Å². The van der Waals surface area contributed by atoms with Crippen LogP contribution in [0, 0.1) is 41.7 Å². The molecule has 28 heteroatoms. The topological polar surface area (TPSA) is 270 Å². The average Bonchev–Trinajstić information content (AvgIpc) is 1.58. The highest BCUT2D eigenvalue weighted by Crippen LogP contribution is 2.57. The Balaban J connectivity index is 0.777. The zero-order valence-electron chi connectivity index (χ0n) is 65.0. The summed E-state index contributed by atoms with van der Waals surface area (Å²) in [5.74, 6) is 0.857. The summed E-state index contributed by atoms with van der Waals surface area (Å²) >= 11 is 7.04. The fraction of sp³-hybridized carbons (Fsp3) is 0.170. The predicted molar refractivity (Wildman–Crippen MR) is 473 cm³/mol. The van der Waals surface area contributed by atoms with Gasteiger partial charge in [-0.3, -0.25) is 14.4 Å². The summed E-state index contributed by atoms with van der Waals surface area (Å²) in [6, 6.07) is 58.4. The molecule has 0 bridgehead atoms. The van der Waals surface area contributed by atoms with Crippen molar-refractivity contribution in [3.05, 3.63) is 228 Å². The maximum Gasteiger partial charge on any atom is 0.349 e. The number of carboxylic acid groups (broad SMARTS) is 2. The van der Waals surface area contributed by atoms with Crippen molar-refractivity contribution in [2.45, 2.75) is 46.0 Å². The number of nitrogens with zero attached hydrogens (tertiary/aromatic N) is 7. The lowest BCUT2D eigenvalue weighted by Crippen LogP contribution is -2.15. The van der Waals surface area contributed by atoms with Crippen molar-refractivity contribution in [1.82, 2.24) is 9.13 Å². The van der Waals surface area contributed by atoms with Crippen LogP contribution in [0.25, 0.3) is 141 Å². The van der Waals surface area contributed by atoms with Crippen LogP contribution in [0.5, 0.6) is 46.0 Å². The molecule has 2 N–H and O–H groups in total. The Bertz CT molecular complexity index is 6610. The molecule has 7 aromatic carbocycles. The van der Waals surface area contributed by atoms with Gasteiger partial charge >= 0.3 is 17.8 Å². The number of unbranched alkanes of at least 4 members (excludes halogenated alkanes) is 1. The van der Waals surface area contributed by atoms with Gasteiger partial charge in [0.05, 0.1) is 74.2 Å². The lowest BCUT2D eigenvalue weighted by atomic mass is 9.95. The van der Waals surface area contributed by atoms with Crippen molar-refractivity contribution >= 4 is 167 Å². The lowest BCUT2D eigenvalue weighted by molar-refractivity contribution is -0.133. The highest BCUT2D eigenvalue weighted by Gasteiger charge is 2.33. The van der Waals surface area contributed by atoms with Crippen LogP contribution < -0.4 is 42.8 Å². The first-order chi connectivity index (χ1) is 59.7. The van der Waals surface area contributed by atoms with Crippen LogP contribution in [0.15, 0.2) is 181 Å². The van der Waals surface area contributed by atoms with Gasteiger partial charge in [0.2, 0.25) is 5.76 Å². The zero-order valence-corrected chi connectivity index (χ0v) is 69.1. The van der Waals surface area contributed by atoms with Gasteiger partial charge in [0.25, 0.3) is 18.6 Å². The Labute approximate surface area is 717 Å². The Morgan fingerprint density at radius 3 is 1.24 bits per heavy atom. The fourth-order valence-electron chi connectivity index (χ4n) is 15.9. The minimum atomic E-state index is -1.38. The van der Waals surface area contributed by atoms with Crippen molar-refractivity contribution in [1.29, 1.82) is 10.5 Å². The summed E-state index contributed by atoms with van der Waals surface area (Å²) in [4.78, 5) is 63.6. The molecule has 122 heavy (non-hydrogen) atoms. The highest BCUT2D eigenvalue weighted by atomic mass is 32.1. The van der Waals surface area contributed by atoms with E-state index >= 15 is 0 Å². The van der Waals surface area contributed by atoms with Crippen molar-refractivity contribution in [3.63, 3.8) is 0 Å².